The average molecular weight is 406 g/mol. The smallest absolute Gasteiger partial charge is 0.262 e. The van der Waals surface area contributed by atoms with Crippen molar-refractivity contribution in [2.45, 2.75) is 32.7 Å². The molecular formula is C18H23N5O2S2. The number of hydrogen-bond acceptors (Lipinski definition) is 6. The molecule has 0 bridgehead atoms. The van der Waals surface area contributed by atoms with Gasteiger partial charge in [-0.2, -0.15) is 13.9 Å². The molecule has 0 amide bonds. The summed E-state index contributed by atoms with van der Waals surface area (Å²) >= 11 is 1.40. The molecule has 0 aliphatic carbocycles. The summed E-state index contributed by atoms with van der Waals surface area (Å²) in [7, 11) is -3.64. The van der Waals surface area contributed by atoms with E-state index in [9.17, 15) is 8.42 Å². The third-order valence-corrected chi connectivity index (χ3v) is 7.78. The van der Waals surface area contributed by atoms with Crippen molar-refractivity contribution in [2.24, 2.45) is 0 Å². The van der Waals surface area contributed by atoms with Gasteiger partial charge in [-0.1, -0.05) is 23.5 Å². The highest BCUT2D eigenvalue weighted by Crippen LogP contribution is 2.27. The largest absolute Gasteiger partial charge is 0.369 e. The van der Waals surface area contributed by atoms with E-state index in [4.69, 9.17) is 0 Å². The third-order valence-electron chi connectivity index (χ3n) is 4.95. The first kappa shape index (κ1) is 18.4. The number of fused-ring (bicyclic) bond motifs is 1. The Morgan fingerprint density at radius 2 is 1.74 bits per heavy atom. The molecule has 0 spiro atoms. The standard InChI is InChI=1S/C18H23N5O2S2/c1-12-5-6-13(2)16(11-12)21-7-9-22(10-8-21)27(24,25)17-14(3)19-18-23(17)20-15(4)26-18/h5-6,11H,7-10H2,1-4H3. The number of piperazine rings is 1. The summed E-state index contributed by atoms with van der Waals surface area (Å²) < 4.78 is 29.6. The van der Waals surface area contributed by atoms with E-state index in [-0.39, 0.29) is 5.03 Å². The van der Waals surface area contributed by atoms with Crippen LogP contribution in [0.5, 0.6) is 0 Å². The van der Waals surface area contributed by atoms with Crippen LogP contribution in [0.25, 0.3) is 4.96 Å². The number of hydrogen-bond donors (Lipinski definition) is 0. The number of rotatable bonds is 3. The molecule has 3 heterocycles. The quantitative estimate of drug-likeness (QED) is 0.670. The first-order valence-corrected chi connectivity index (χ1v) is 11.2. The minimum absolute atomic E-state index is 0.196. The number of imidazole rings is 1. The van der Waals surface area contributed by atoms with Gasteiger partial charge in [0.1, 0.15) is 5.01 Å². The molecule has 1 aromatic carbocycles. The second-order valence-corrected chi connectivity index (χ2v) is 10.0. The molecule has 0 radical (unpaired) electrons. The molecule has 0 atom stereocenters. The maximum Gasteiger partial charge on any atom is 0.262 e. The fraction of sp³-hybridized carbons (Fsp3) is 0.444. The van der Waals surface area contributed by atoms with Crippen LogP contribution in [-0.4, -0.2) is 53.5 Å². The monoisotopic (exact) mass is 405 g/mol. The van der Waals surface area contributed by atoms with E-state index in [1.54, 1.807) is 11.2 Å². The number of benzene rings is 1. The Morgan fingerprint density at radius 3 is 2.44 bits per heavy atom. The lowest BCUT2D eigenvalue weighted by Crippen LogP contribution is -2.49. The molecule has 9 heteroatoms. The van der Waals surface area contributed by atoms with Crippen molar-refractivity contribution in [1.82, 2.24) is 18.9 Å². The molecule has 144 valence electrons. The Kier molecular flexibility index (Phi) is 4.48. The van der Waals surface area contributed by atoms with Crippen molar-refractivity contribution in [3.8, 4) is 0 Å². The molecule has 0 N–H and O–H groups in total. The molecule has 27 heavy (non-hydrogen) atoms. The Hall–Kier alpha value is -1.97. The minimum atomic E-state index is -3.64. The molecule has 3 aromatic rings. The zero-order chi connectivity index (χ0) is 19.3. The zero-order valence-electron chi connectivity index (χ0n) is 15.9. The number of anilines is 1. The highest BCUT2D eigenvalue weighted by molar-refractivity contribution is 7.89. The second kappa shape index (κ2) is 6.57. The molecule has 2 aromatic heterocycles. The molecular weight excluding hydrogens is 382 g/mol. The number of aromatic nitrogens is 3. The molecule has 1 aliphatic rings. The molecule has 4 rings (SSSR count). The number of sulfonamides is 1. The topological polar surface area (TPSA) is 70.8 Å². The lowest BCUT2D eigenvalue weighted by atomic mass is 10.1. The van der Waals surface area contributed by atoms with Gasteiger partial charge in [-0.3, -0.25) is 0 Å². The molecule has 0 unspecified atom stereocenters. The highest BCUT2D eigenvalue weighted by atomic mass is 32.2. The van der Waals surface area contributed by atoms with Crippen LogP contribution in [0.4, 0.5) is 5.69 Å². The fourth-order valence-corrected chi connectivity index (χ4v) is 6.07. The maximum atomic E-state index is 13.3. The van der Waals surface area contributed by atoms with Gasteiger partial charge in [0.2, 0.25) is 4.96 Å². The maximum absolute atomic E-state index is 13.3. The van der Waals surface area contributed by atoms with E-state index in [1.165, 1.54) is 32.7 Å². The van der Waals surface area contributed by atoms with Crippen LogP contribution in [0.1, 0.15) is 21.8 Å². The van der Waals surface area contributed by atoms with Gasteiger partial charge in [-0.15, -0.1) is 0 Å². The summed E-state index contributed by atoms with van der Waals surface area (Å²) in [6, 6.07) is 6.38. The van der Waals surface area contributed by atoms with Gasteiger partial charge < -0.3 is 4.90 Å². The van der Waals surface area contributed by atoms with Gasteiger partial charge >= 0.3 is 0 Å². The van der Waals surface area contributed by atoms with Crippen LogP contribution in [0, 0.1) is 27.7 Å². The zero-order valence-corrected chi connectivity index (χ0v) is 17.6. The van der Waals surface area contributed by atoms with Crippen molar-refractivity contribution < 1.29 is 8.42 Å². The molecule has 1 fully saturated rings. The van der Waals surface area contributed by atoms with Gasteiger partial charge in [0, 0.05) is 31.9 Å². The Bertz CT molecular complexity index is 1110. The van der Waals surface area contributed by atoms with Crippen molar-refractivity contribution in [2.75, 3.05) is 31.1 Å². The number of nitrogens with zero attached hydrogens (tertiary/aromatic N) is 5. The van der Waals surface area contributed by atoms with Gasteiger partial charge in [0.15, 0.2) is 5.03 Å². The predicted octanol–water partition coefficient (Wildman–Crippen LogP) is 2.54. The summed E-state index contributed by atoms with van der Waals surface area (Å²) in [5.74, 6) is 0. The van der Waals surface area contributed by atoms with E-state index in [0.29, 0.717) is 36.8 Å². The lowest BCUT2D eigenvalue weighted by Gasteiger charge is -2.36. The van der Waals surface area contributed by atoms with Gasteiger partial charge in [0.05, 0.1) is 5.69 Å². The summed E-state index contributed by atoms with van der Waals surface area (Å²) in [5, 5.41) is 5.33. The van der Waals surface area contributed by atoms with Crippen molar-refractivity contribution in [1.29, 1.82) is 0 Å². The minimum Gasteiger partial charge on any atom is -0.369 e. The first-order valence-electron chi connectivity index (χ1n) is 8.92. The van der Waals surface area contributed by atoms with E-state index in [2.05, 4.69) is 47.0 Å². The van der Waals surface area contributed by atoms with Crippen molar-refractivity contribution in [3.63, 3.8) is 0 Å². The third kappa shape index (κ3) is 3.13. The van der Waals surface area contributed by atoms with Gasteiger partial charge in [-0.05, 0) is 44.9 Å². The van der Waals surface area contributed by atoms with Crippen LogP contribution in [-0.2, 0) is 10.0 Å². The fourth-order valence-electron chi connectivity index (χ4n) is 3.57. The Morgan fingerprint density at radius 1 is 1.04 bits per heavy atom. The molecule has 1 saturated heterocycles. The van der Waals surface area contributed by atoms with Crippen LogP contribution >= 0.6 is 11.3 Å². The van der Waals surface area contributed by atoms with Crippen LogP contribution in [0.2, 0.25) is 0 Å². The van der Waals surface area contributed by atoms with Crippen LogP contribution < -0.4 is 4.90 Å². The van der Waals surface area contributed by atoms with E-state index in [1.807, 2.05) is 6.92 Å². The van der Waals surface area contributed by atoms with E-state index >= 15 is 0 Å². The molecule has 0 saturated carbocycles. The van der Waals surface area contributed by atoms with Gasteiger partial charge in [0.25, 0.3) is 10.0 Å². The molecule has 1 aliphatic heterocycles. The van der Waals surface area contributed by atoms with Crippen LogP contribution in [0.3, 0.4) is 0 Å². The summed E-state index contributed by atoms with van der Waals surface area (Å²) in [5.41, 5.74) is 4.11. The highest BCUT2D eigenvalue weighted by Gasteiger charge is 2.34. The van der Waals surface area contributed by atoms with E-state index in [0.717, 1.165) is 5.01 Å². The molecule has 7 nitrogen and oxygen atoms in total. The average Bonchev–Trinajstić information content (AvgIpc) is 3.11. The van der Waals surface area contributed by atoms with Gasteiger partial charge in [-0.25, -0.2) is 13.4 Å². The number of aryl methyl sites for hydroxylation is 4. The normalized spacial score (nSPS) is 16.4. The Labute approximate surface area is 163 Å². The first-order chi connectivity index (χ1) is 12.8. The summed E-state index contributed by atoms with van der Waals surface area (Å²) in [4.78, 5) is 7.27. The van der Waals surface area contributed by atoms with Crippen molar-refractivity contribution in [3.05, 3.63) is 40.0 Å². The summed E-state index contributed by atoms with van der Waals surface area (Å²) in [6.45, 7) is 9.99. The van der Waals surface area contributed by atoms with Crippen LogP contribution in [0.15, 0.2) is 23.2 Å². The second-order valence-electron chi connectivity index (χ2n) is 7.00. The lowest BCUT2D eigenvalue weighted by molar-refractivity contribution is 0.382. The van der Waals surface area contributed by atoms with E-state index < -0.39 is 10.0 Å². The summed E-state index contributed by atoms with van der Waals surface area (Å²) in [6.07, 6.45) is 0. The predicted molar refractivity (Wildman–Crippen MR) is 107 cm³/mol. The SMILES string of the molecule is Cc1ccc(C)c(N2CCN(S(=O)(=O)c3c(C)nc4sc(C)nn34)CC2)c1. The van der Waals surface area contributed by atoms with Crippen molar-refractivity contribution >= 4 is 32.0 Å². The Balaban J connectivity index is 1.60.